The van der Waals surface area contributed by atoms with Gasteiger partial charge in [-0.05, 0) is 18.2 Å². The molecule has 6 nitrogen and oxygen atoms in total. The quantitative estimate of drug-likeness (QED) is 0.837. The minimum atomic E-state index is -0.265. The second kappa shape index (κ2) is 6.46. The molecular weight excluding hydrogens is 244 g/mol. The molecule has 0 bridgehead atoms. The van der Waals surface area contributed by atoms with Crippen molar-refractivity contribution >= 4 is 11.6 Å². The Kier molecular flexibility index (Phi) is 4.41. The Morgan fingerprint density at radius 1 is 1.26 bits per heavy atom. The summed E-state index contributed by atoms with van der Waals surface area (Å²) < 4.78 is 5.46. The lowest BCUT2D eigenvalue weighted by atomic mass is 10.2. The number of benzene rings is 1. The predicted molar refractivity (Wildman–Crippen MR) is 71.0 cm³/mol. The summed E-state index contributed by atoms with van der Waals surface area (Å²) in [6.07, 6.45) is 2.87. The maximum Gasteiger partial charge on any atom is 0.257 e. The highest BCUT2D eigenvalue weighted by molar-refractivity contribution is 6.04. The smallest absolute Gasteiger partial charge is 0.257 e. The SMILES string of the molecule is NCCOc1ccccc1NC(=O)c1ccnnc1. The van der Waals surface area contributed by atoms with Gasteiger partial charge in [0.15, 0.2) is 0 Å². The molecular formula is C13H14N4O2. The van der Waals surface area contributed by atoms with Crippen molar-refractivity contribution in [3.8, 4) is 5.75 Å². The standard InChI is InChI=1S/C13H14N4O2/c14-6-8-19-12-4-2-1-3-11(12)17-13(18)10-5-7-15-16-9-10/h1-5,7,9H,6,8,14H2,(H,17,18). The van der Waals surface area contributed by atoms with Crippen molar-refractivity contribution in [1.82, 2.24) is 10.2 Å². The molecule has 0 saturated carbocycles. The average molecular weight is 258 g/mol. The van der Waals surface area contributed by atoms with Crippen LogP contribution in [-0.4, -0.2) is 29.3 Å². The number of nitrogens with two attached hydrogens (primary N) is 1. The first-order valence-corrected chi connectivity index (χ1v) is 5.81. The van der Waals surface area contributed by atoms with Crippen LogP contribution in [-0.2, 0) is 0 Å². The third kappa shape index (κ3) is 3.49. The molecule has 3 N–H and O–H groups in total. The van der Waals surface area contributed by atoms with Gasteiger partial charge in [0.25, 0.3) is 5.91 Å². The lowest BCUT2D eigenvalue weighted by molar-refractivity contribution is 0.102. The van der Waals surface area contributed by atoms with Crippen LogP contribution < -0.4 is 15.8 Å². The van der Waals surface area contributed by atoms with E-state index in [-0.39, 0.29) is 5.91 Å². The van der Waals surface area contributed by atoms with E-state index in [1.54, 1.807) is 18.2 Å². The zero-order valence-electron chi connectivity index (χ0n) is 10.2. The van der Waals surface area contributed by atoms with Crippen LogP contribution in [0.15, 0.2) is 42.7 Å². The molecule has 0 aliphatic heterocycles. The number of amides is 1. The molecule has 0 spiro atoms. The van der Waals surface area contributed by atoms with Crippen LogP contribution in [0.25, 0.3) is 0 Å². The first-order chi connectivity index (χ1) is 9.31. The molecule has 1 heterocycles. The van der Waals surface area contributed by atoms with Crippen LogP contribution in [0.5, 0.6) is 5.75 Å². The summed E-state index contributed by atoms with van der Waals surface area (Å²) in [6, 6.07) is 8.77. The second-order valence-corrected chi connectivity index (χ2v) is 3.72. The average Bonchev–Trinajstić information content (AvgIpc) is 2.47. The number of rotatable bonds is 5. The van der Waals surface area contributed by atoms with Crippen molar-refractivity contribution in [2.75, 3.05) is 18.5 Å². The first kappa shape index (κ1) is 13.0. The van der Waals surface area contributed by atoms with Crippen molar-refractivity contribution in [2.45, 2.75) is 0 Å². The van der Waals surface area contributed by atoms with Gasteiger partial charge in [-0.15, -0.1) is 0 Å². The molecule has 0 atom stereocenters. The van der Waals surface area contributed by atoms with E-state index in [0.717, 1.165) is 0 Å². The summed E-state index contributed by atoms with van der Waals surface area (Å²) in [5, 5.41) is 10.0. The molecule has 1 aromatic carbocycles. The predicted octanol–water partition coefficient (Wildman–Crippen LogP) is 1.07. The third-order valence-corrected chi connectivity index (χ3v) is 2.36. The fourth-order valence-corrected chi connectivity index (χ4v) is 1.48. The second-order valence-electron chi connectivity index (χ2n) is 3.72. The highest BCUT2D eigenvalue weighted by Gasteiger charge is 2.09. The number of ether oxygens (including phenoxy) is 1. The largest absolute Gasteiger partial charge is 0.490 e. The summed E-state index contributed by atoms with van der Waals surface area (Å²) >= 11 is 0. The molecule has 0 fully saturated rings. The van der Waals surface area contributed by atoms with Gasteiger partial charge >= 0.3 is 0 Å². The fraction of sp³-hybridized carbons (Fsp3) is 0.154. The van der Waals surface area contributed by atoms with Gasteiger partial charge in [0.2, 0.25) is 0 Å². The van der Waals surface area contributed by atoms with E-state index in [4.69, 9.17) is 10.5 Å². The monoisotopic (exact) mass is 258 g/mol. The molecule has 2 aromatic rings. The number of aromatic nitrogens is 2. The topological polar surface area (TPSA) is 90.1 Å². The summed E-state index contributed by atoms with van der Waals surface area (Å²) in [5.41, 5.74) is 6.42. The van der Waals surface area contributed by atoms with Crippen LogP contribution >= 0.6 is 0 Å². The van der Waals surface area contributed by atoms with Crippen LogP contribution in [0.4, 0.5) is 5.69 Å². The zero-order valence-corrected chi connectivity index (χ0v) is 10.2. The summed E-state index contributed by atoms with van der Waals surface area (Å²) in [4.78, 5) is 12.0. The fourth-order valence-electron chi connectivity index (χ4n) is 1.48. The molecule has 0 saturated heterocycles. The summed E-state index contributed by atoms with van der Waals surface area (Å²) in [5.74, 6) is 0.321. The first-order valence-electron chi connectivity index (χ1n) is 5.81. The van der Waals surface area contributed by atoms with Crippen LogP contribution in [0.1, 0.15) is 10.4 Å². The molecule has 0 aliphatic rings. The Balaban J connectivity index is 2.12. The normalized spacial score (nSPS) is 9.95. The zero-order chi connectivity index (χ0) is 13.5. The Morgan fingerprint density at radius 3 is 2.84 bits per heavy atom. The molecule has 1 amide bonds. The van der Waals surface area contributed by atoms with E-state index in [0.29, 0.717) is 30.2 Å². The molecule has 6 heteroatoms. The molecule has 0 radical (unpaired) electrons. The number of hydrogen-bond donors (Lipinski definition) is 2. The molecule has 0 aliphatic carbocycles. The Bertz CT molecular complexity index is 545. The molecule has 0 unspecified atom stereocenters. The number of para-hydroxylation sites is 2. The number of anilines is 1. The van der Waals surface area contributed by atoms with Crippen molar-refractivity contribution in [1.29, 1.82) is 0 Å². The molecule has 2 rings (SSSR count). The van der Waals surface area contributed by atoms with Crippen molar-refractivity contribution in [3.63, 3.8) is 0 Å². The van der Waals surface area contributed by atoms with Gasteiger partial charge < -0.3 is 15.8 Å². The minimum Gasteiger partial charge on any atom is -0.490 e. The number of nitrogens with one attached hydrogen (secondary N) is 1. The van der Waals surface area contributed by atoms with Gasteiger partial charge in [-0.3, -0.25) is 4.79 Å². The Morgan fingerprint density at radius 2 is 2.11 bits per heavy atom. The third-order valence-electron chi connectivity index (χ3n) is 2.36. The number of hydrogen-bond acceptors (Lipinski definition) is 5. The van der Waals surface area contributed by atoms with Gasteiger partial charge in [-0.2, -0.15) is 10.2 Å². The van der Waals surface area contributed by atoms with Crippen molar-refractivity contribution < 1.29 is 9.53 Å². The van der Waals surface area contributed by atoms with E-state index >= 15 is 0 Å². The maximum absolute atomic E-state index is 12.0. The minimum absolute atomic E-state index is 0.265. The lowest BCUT2D eigenvalue weighted by Gasteiger charge is -2.11. The van der Waals surface area contributed by atoms with E-state index in [2.05, 4.69) is 15.5 Å². The van der Waals surface area contributed by atoms with E-state index in [9.17, 15) is 4.79 Å². The number of nitrogens with zero attached hydrogens (tertiary/aromatic N) is 2. The van der Waals surface area contributed by atoms with Crippen LogP contribution in [0.2, 0.25) is 0 Å². The maximum atomic E-state index is 12.0. The van der Waals surface area contributed by atoms with E-state index < -0.39 is 0 Å². The highest BCUT2D eigenvalue weighted by Crippen LogP contribution is 2.24. The molecule has 1 aromatic heterocycles. The molecule has 98 valence electrons. The Hall–Kier alpha value is -2.47. The number of carbonyl (C=O) groups excluding carboxylic acids is 1. The van der Waals surface area contributed by atoms with Crippen LogP contribution in [0, 0.1) is 0 Å². The van der Waals surface area contributed by atoms with Crippen molar-refractivity contribution in [2.24, 2.45) is 5.73 Å². The molecule has 19 heavy (non-hydrogen) atoms. The van der Waals surface area contributed by atoms with E-state index in [1.807, 2.05) is 12.1 Å². The highest BCUT2D eigenvalue weighted by atomic mass is 16.5. The van der Waals surface area contributed by atoms with Crippen molar-refractivity contribution in [3.05, 3.63) is 48.3 Å². The lowest BCUT2D eigenvalue weighted by Crippen LogP contribution is -2.15. The summed E-state index contributed by atoms with van der Waals surface area (Å²) in [7, 11) is 0. The van der Waals surface area contributed by atoms with Gasteiger partial charge in [-0.25, -0.2) is 0 Å². The van der Waals surface area contributed by atoms with Gasteiger partial charge in [0, 0.05) is 6.54 Å². The van der Waals surface area contributed by atoms with Crippen LogP contribution in [0.3, 0.4) is 0 Å². The van der Waals surface area contributed by atoms with E-state index in [1.165, 1.54) is 12.4 Å². The number of carbonyl (C=O) groups is 1. The summed E-state index contributed by atoms with van der Waals surface area (Å²) in [6.45, 7) is 0.806. The van der Waals surface area contributed by atoms with Gasteiger partial charge in [0.05, 0.1) is 23.6 Å². The van der Waals surface area contributed by atoms with Gasteiger partial charge in [-0.1, -0.05) is 12.1 Å². The Labute approximate surface area is 110 Å². The van der Waals surface area contributed by atoms with Gasteiger partial charge in [0.1, 0.15) is 12.4 Å².